The zero-order chi connectivity index (χ0) is 17.7. The highest BCUT2D eigenvalue weighted by Gasteiger charge is 2.12. The first-order valence-electron chi connectivity index (χ1n) is 6.94. The zero-order valence-electron chi connectivity index (χ0n) is 12.7. The summed E-state index contributed by atoms with van der Waals surface area (Å²) in [6.07, 6.45) is 0. The van der Waals surface area contributed by atoms with E-state index < -0.39 is 17.6 Å². The summed E-state index contributed by atoms with van der Waals surface area (Å²) in [5, 5.41) is 14.1. The van der Waals surface area contributed by atoms with Gasteiger partial charge in [-0.2, -0.15) is 5.26 Å². The van der Waals surface area contributed by atoms with Crippen molar-refractivity contribution in [2.75, 3.05) is 11.9 Å². The lowest BCUT2D eigenvalue weighted by molar-refractivity contribution is -0.115. The summed E-state index contributed by atoms with van der Waals surface area (Å²) in [6.45, 7) is 1.58. The Kier molecular flexibility index (Phi) is 5.51. The highest BCUT2D eigenvalue weighted by Crippen LogP contribution is 2.22. The van der Waals surface area contributed by atoms with E-state index in [-0.39, 0.29) is 17.7 Å². The summed E-state index contributed by atoms with van der Waals surface area (Å²) in [6, 6.07) is 10.2. The normalized spacial score (nSPS) is 9.92. The van der Waals surface area contributed by atoms with Gasteiger partial charge in [0.1, 0.15) is 11.9 Å². The first-order valence-corrected chi connectivity index (χ1v) is 7.32. The van der Waals surface area contributed by atoms with Crippen LogP contribution < -0.4 is 10.6 Å². The summed E-state index contributed by atoms with van der Waals surface area (Å²) in [5.74, 6) is -1.76. The van der Waals surface area contributed by atoms with Crippen molar-refractivity contribution in [3.8, 4) is 6.07 Å². The number of nitrogens with zero attached hydrogens (tertiary/aromatic N) is 1. The number of carbonyl (C=O) groups is 2. The van der Waals surface area contributed by atoms with E-state index in [4.69, 9.17) is 16.9 Å². The third-order valence-electron chi connectivity index (χ3n) is 3.16. The molecule has 7 heteroatoms. The van der Waals surface area contributed by atoms with Crippen LogP contribution in [0.4, 0.5) is 10.1 Å². The number of halogens is 2. The van der Waals surface area contributed by atoms with Crippen LogP contribution >= 0.6 is 11.6 Å². The molecule has 0 aromatic heterocycles. The molecule has 0 aliphatic rings. The molecule has 0 radical (unpaired) electrons. The Labute approximate surface area is 143 Å². The fourth-order valence-electron chi connectivity index (χ4n) is 1.93. The van der Waals surface area contributed by atoms with Crippen LogP contribution in [0.3, 0.4) is 0 Å². The number of rotatable bonds is 4. The fraction of sp³-hybridized carbons (Fsp3) is 0.118. The third kappa shape index (κ3) is 4.31. The highest BCUT2D eigenvalue weighted by molar-refractivity contribution is 6.33. The molecule has 2 amide bonds. The number of aryl methyl sites for hydroxylation is 1. The van der Waals surface area contributed by atoms with Gasteiger partial charge in [0.2, 0.25) is 5.91 Å². The van der Waals surface area contributed by atoms with Gasteiger partial charge in [-0.3, -0.25) is 9.59 Å². The topological polar surface area (TPSA) is 82.0 Å². The third-order valence-corrected chi connectivity index (χ3v) is 3.47. The predicted molar refractivity (Wildman–Crippen MR) is 88.3 cm³/mol. The highest BCUT2D eigenvalue weighted by atomic mass is 35.5. The molecule has 0 aliphatic heterocycles. The lowest BCUT2D eigenvalue weighted by atomic mass is 10.1. The number of hydrogen-bond donors (Lipinski definition) is 2. The van der Waals surface area contributed by atoms with Crippen LogP contribution in [0, 0.1) is 24.1 Å². The molecule has 0 saturated heterocycles. The van der Waals surface area contributed by atoms with Crippen molar-refractivity contribution in [2.24, 2.45) is 0 Å². The van der Waals surface area contributed by atoms with E-state index in [1.165, 1.54) is 6.07 Å². The van der Waals surface area contributed by atoms with Gasteiger partial charge in [0, 0.05) is 5.56 Å². The molecule has 2 aromatic rings. The molecule has 24 heavy (non-hydrogen) atoms. The number of anilines is 1. The lowest BCUT2D eigenvalue weighted by Crippen LogP contribution is -2.33. The van der Waals surface area contributed by atoms with Crippen LogP contribution in [-0.4, -0.2) is 18.4 Å². The maximum atomic E-state index is 13.2. The van der Waals surface area contributed by atoms with E-state index in [9.17, 15) is 14.0 Å². The van der Waals surface area contributed by atoms with Crippen LogP contribution in [0.1, 0.15) is 21.5 Å². The minimum atomic E-state index is -0.708. The second-order valence-corrected chi connectivity index (χ2v) is 5.43. The van der Waals surface area contributed by atoms with E-state index in [1.54, 1.807) is 24.3 Å². The number of hydrogen-bond acceptors (Lipinski definition) is 3. The SMILES string of the molecule is Cc1ccc(NC(=O)CNC(=O)c2ccc(F)c(C#N)c2)c(Cl)c1. The Hall–Kier alpha value is -2.91. The van der Waals surface area contributed by atoms with Crippen molar-refractivity contribution in [1.82, 2.24) is 5.32 Å². The Morgan fingerprint density at radius 1 is 1.25 bits per heavy atom. The van der Waals surface area contributed by atoms with Crippen LogP contribution in [0.25, 0.3) is 0 Å². The van der Waals surface area contributed by atoms with Crippen LogP contribution in [0.5, 0.6) is 0 Å². The van der Waals surface area contributed by atoms with E-state index in [1.807, 2.05) is 6.92 Å². The van der Waals surface area contributed by atoms with Gasteiger partial charge in [-0.1, -0.05) is 17.7 Å². The molecule has 2 N–H and O–H groups in total. The second-order valence-electron chi connectivity index (χ2n) is 5.02. The minimum absolute atomic E-state index is 0.0918. The van der Waals surface area contributed by atoms with Crippen molar-refractivity contribution in [1.29, 1.82) is 5.26 Å². The molecule has 0 aliphatic carbocycles. The van der Waals surface area contributed by atoms with Gasteiger partial charge < -0.3 is 10.6 Å². The van der Waals surface area contributed by atoms with Crippen LogP contribution in [0.2, 0.25) is 5.02 Å². The van der Waals surface area contributed by atoms with E-state index in [0.717, 1.165) is 17.7 Å². The number of benzene rings is 2. The van der Waals surface area contributed by atoms with Crippen LogP contribution in [-0.2, 0) is 4.79 Å². The second kappa shape index (κ2) is 7.57. The molecular weight excluding hydrogens is 333 g/mol. The minimum Gasteiger partial charge on any atom is -0.343 e. The molecule has 0 atom stereocenters. The monoisotopic (exact) mass is 345 g/mol. The van der Waals surface area contributed by atoms with Gasteiger partial charge >= 0.3 is 0 Å². The summed E-state index contributed by atoms with van der Waals surface area (Å²) < 4.78 is 13.2. The Morgan fingerprint density at radius 2 is 2.00 bits per heavy atom. The van der Waals surface area contributed by atoms with Gasteiger partial charge in [-0.25, -0.2) is 4.39 Å². The Morgan fingerprint density at radius 3 is 2.67 bits per heavy atom. The zero-order valence-corrected chi connectivity index (χ0v) is 13.4. The van der Waals surface area contributed by atoms with Crippen LogP contribution in [0.15, 0.2) is 36.4 Å². The molecular formula is C17H13ClFN3O2. The molecule has 0 saturated carbocycles. The maximum Gasteiger partial charge on any atom is 0.251 e. The summed E-state index contributed by atoms with van der Waals surface area (Å²) in [5.41, 5.74) is 1.25. The summed E-state index contributed by atoms with van der Waals surface area (Å²) in [7, 11) is 0. The maximum absolute atomic E-state index is 13.2. The van der Waals surface area contributed by atoms with Crippen molar-refractivity contribution in [2.45, 2.75) is 6.92 Å². The molecule has 2 aromatic carbocycles. The Bertz CT molecular complexity index is 846. The molecule has 2 rings (SSSR count). The average molecular weight is 346 g/mol. The van der Waals surface area contributed by atoms with Gasteiger partial charge in [0.15, 0.2) is 0 Å². The van der Waals surface area contributed by atoms with E-state index in [2.05, 4.69) is 10.6 Å². The largest absolute Gasteiger partial charge is 0.343 e. The Balaban J connectivity index is 1.96. The fourth-order valence-corrected chi connectivity index (χ4v) is 2.21. The van der Waals surface area contributed by atoms with Crippen molar-refractivity contribution in [3.63, 3.8) is 0 Å². The number of amides is 2. The molecule has 0 fully saturated rings. The first-order chi connectivity index (χ1) is 11.4. The molecule has 0 heterocycles. The van der Waals surface area contributed by atoms with Crippen molar-refractivity contribution in [3.05, 3.63) is 63.9 Å². The summed E-state index contributed by atoms with van der Waals surface area (Å²) in [4.78, 5) is 23.8. The van der Waals surface area contributed by atoms with Crippen molar-refractivity contribution >= 4 is 29.1 Å². The smallest absolute Gasteiger partial charge is 0.251 e. The number of nitriles is 1. The van der Waals surface area contributed by atoms with E-state index >= 15 is 0 Å². The van der Waals surface area contributed by atoms with Gasteiger partial charge in [-0.05, 0) is 42.8 Å². The summed E-state index contributed by atoms with van der Waals surface area (Å²) >= 11 is 6.01. The quantitative estimate of drug-likeness (QED) is 0.893. The molecule has 0 bridgehead atoms. The number of nitrogens with one attached hydrogen (secondary N) is 2. The van der Waals surface area contributed by atoms with Gasteiger partial charge in [0.25, 0.3) is 5.91 Å². The number of carbonyl (C=O) groups excluding carboxylic acids is 2. The van der Waals surface area contributed by atoms with Gasteiger partial charge in [-0.15, -0.1) is 0 Å². The molecule has 0 spiro atoms. The first kappa shape index (κ1) is 17.4. The van der Waals surface area contributed by atoms with E-state index in [0.29, 0.717) is 10.7 Å². The predicted octanol–water partition coefficient (Wildman–Crippen LogP) is 3.03. The molecule has 122 valence electrons. The molecule has 0 unspecified atom stereocenters. The van der Waals surface area contributed by atoms with Gasteiger partial charge in [0.05, 0.1) is 22.8 Å². The van der Waals surface area contributed by atoms with Crippen molar-refractivity contribution < 1.29 is 14.0 Å². The molecule has 5 nitrogen and oxygen atoms in total. The average Bonchev–Trinajstić information content (AvgIpc) is 2.55. The standard InChI is InChI=1S/C17H13ClFN3O2/c1-10-2-5-15(13(18)6-10)22-16(23)9-21-17(24)11-3-4-14(19)12(7-11)8-20/h2-7H,9H2,1H3,(H,21,24)(H,22,23). The lowest BCUT2D eigenvalue weighted by Gasteiger charge is -2.09.